The van der Waals surface area contributed by atoms with Crippen molar-refractivity contribution in [3.05, 3.63) is 5.89 Å². The van der Waals surface area contributed by atoms with Gasteiger partial charge in [-0.25, -0.2) is 0 Å². The average molecular weight is 256 g/mol. The molecule has 1 saturated heterocycles. The zero-order chi connectivity index (χ0) is 12.3. The molecule has 6 heteroatoms. The van der Waals surface area contributed by atoms with Crippen molar-refractivity contribution in [3.8, 4) is 0 Å². The Morgan fingerprint density at radius 1 is 1.35 bits per heavy atom. The number of piperazine rings is 1. The van der Waals surface area contributed by atoms with Gasteiger partial charge in [0.25, 0.3) is 5.22 Å². The van der Waals surface area contributed by atoms with Crippen LogP contribution in [0.3, 0.4) is 0 Å². The minimum Gasteiger partial charge on any atom is -0.415 e. The minimum absolute atomic E-state index is 0.0850. The fourth-order valence-electron chi connectivity index (χ4n) is 2.06. The van der Waals surface area contributed by atoms with Crippen LogP contribution >= 0.6 is 11.8 Å². The molecule has 0 saturated carbocycles. The van der Waals surface area contributed by atoms with Crippen LogP contribution in [0.15, 0.2) is 9.64 Å². The van der Waals surface area contributed by atoms with Crippen molar-refractivity contribution < 1.29 is 4.42 Å². The van der Waals surface area contributed by atoms with E-state index in [2.05, 4.69) is 34.3 Å². The lowest BCUT2D eigenvalue weighted by Crippen LogP contribution is -2.48. The lowest BCUT2D eigenvalue weighted by Gasteiger charge is -2.33. The summed E-state index contributed by atoms with van der Waals surface area (Å²) < 4.78 is 5.64. The molecule has 1 aromatic heterocycles. The van der Waals surface area contributed by atoms with Gasteiger partial charge in [0.2, 0.25) is 5.89 Å². The first-order valence-corrected chi connectivity index (χ1v) is 7.15. The van der Waals surface area contributed by atoms with Crippen LogP contribution in [0.25, 0.3) is 0 Å². The van der Waals surface area contributed by atoms with Crippen molar-refractivity contribution in [1.82, 2.24) is 20.4 Å². The first-order chi connectivity index (χ1) is 8.12. The molecule has 2 heterocycles. The lowest BCUT2D eigenvalue weighted by molar-refractivity contribution is 0.180. The smallest absolute Gasteiger partial charge is 0.276 e. The summed E-state index contributed by atoms with van der Waals surface area (Å²) in [5.74, 6) is 0.736. The fraction of sp³-hybridized carbons (Fsp3) is 0.818. The zero-order valence-corrected chi connectivity index (χ0v) is 11.5. The molecule has 0 spiro atoms. The molecule has 0 atom stereocenters. The third-order valence-corrected chi connectivity index (χ3v) is 3.50. The fourth-order valence-corrected chi connectivity index (χ4v) is 2.35. The Morgan fingerprint density at radius 2 is 2.06 bits per heavy atom. The molecule has 1 aliphatic rings. The number of rotatable bonds is 4. The van der Waals surface area contributed by atoms with E-state index in [1.165, 1.54) is 11.8 Å². The van der Waals surface area contributed by atoms with Crippen LogP contribution in [-0.4, -0.2) is 54.1 Å². The highest BCUT2D eigenvalue weighted by molar-refractivity contribution is 7.98. The molecule has 17 heavy (non-hydrogen) atoms. The quantitative estimate of drug-likeness (QED) is 0.810. The van der Waals surface area contributed by atoms with Gasteiger partial charge in [-0.1, -0.05) is 11.8 Å². The Hall–Kier alpha value is -0.590. The predicted molar refractivity (Wildman–Crippen MR) is 68.4 cm³/mol. The van der Waals surface area contributed by atoms with E-state index in [-0.39, 0.29) is 5.41 Å². The maximum Gasteiger partial charge on any atom is 0.276 e. The second-order valence-corrected chi connectivity index (χ2v) is 5.74. The van der Waals surface area contributed by atoms with E-state index in [9.17, 15) is 0 Å². The number of nitrogens with zero attached hydrogens (tertiary/aromatic N) is 3. The molecule has 0 aromatic carbocycles. The molecule has 1 aliphatic heterocycles. The summed E-state index contributed by atoms with van der Waals surface area (Å²) in [5, 5.41) is 12.2. The van der Waals surface area contributed by atoms with Gasteiger partial charge in [-0.05, 0) is 20.1 Å². The van der Waals surface area contributed by atoms with Crippen LogP contribution in [-0.2, 0) is 5.41 Å². The second kappa shape index (κ2) is 5.37. The molecule has 0 radical (unpaired) electrons. The Bertz CT molecular complexity index is 360. The van der Waals surface area contributed by atoms with E-state index in [1.54, 1.807) is 0 Å². The highest BCUT2D eigenvalue weighted by Crippen LogP contribution is 2.25. The van der Waals surface area contributed by atoms with Gasteiger partial charge < -0.3 is 9.73 Å². The Balaban J connectivity index is 2.01. The molecule has 0 bridgehead atoms. The highest BCUT2D eigenvalue weighted by atomic mass is 32.2. The average Bonchev–Trinajstić information content (AvgIpc) is 2.79. The van der Waals surface area contributed by atoms with E-state index in [4.69, 9.17) is 4.42 Å². The van der Waals surface area contributed by atoms with E-state index >= 15 is 0 Å². The first kappa shape index (κ1) is 12.9. The summed E-state index contributed by atoms with van der Waals surface area (Å²) in [6.07, 6.45) is 1.95. The van der Waals surface area contributed by atoms with E-state index in [1.807, 2.05) is 6.26 Å². The molecular weight excluding hydrogens is 236 g/mol. The van der Waals surface area contributed by atoms with Crippen molar-refractivity contribution >= 4 is 11.8 Å². The second-order valence-electron chi connectivity index (χ2n) is 4.99. The van der Waals surface area contributed by atoms with E-state index in [0.29, 0.717) is 5.22 Å². The van der Waals surface area contributed by atoms with Crippen molar-refractivity contribution in [1.29, 1.82) is 0 Å². The van der Waals surface area contributed by atoms with Crippen LogP contribution in [0, 0.1) is 0 Å². The summed E-state index contributed by atoms with van der Waals surface area (Å²) in [4.78, 5) is 2.44. The zero-order valence-electron chi connectivity index (χ0n) is 10.7. The van der Waals surface area contributed by atoms with Gasteiger partial charge in [-0.3, -0.25) is 4.90 Å². The molecule has 2 rings (SSSR count). The Labute approximate surface area is 106 Å². The number of thioether (sulfide) groups is 1. The van der Waals surface area contributed by atoms with Gasteiger partial charge in [-0.2, -0.15) is 0 Å². The Morgan fingerprint density at radius 3 is 2.65 bits per heavy atom. The minimum atomic E-state index is -0.0850. The predicted octanol–water partition coefficient (Wildman–Crippen LogP) is 0.974. The maximum absolute atomic E-state index is 5.64. The number of nitrogens with one attached hydrogen (secondary N) is 1. The summed E-state index contributed by atoms with van der Waals surface area (Å²) in [7, 11) is 0. The molecule has 96 valence electrons. The van der Waals surface area contributed by atoms with Crippen LogP contribution in [0.4, 0.5) is 0 Å². The third kappa shape index (κ3) is 3.20. The normalized spacial score (nSPS) is 18.5. The molecule has 1 fully saturated rings. The molecule has 0 amide bonds. The molecule has 1 N–H and O–H groups in total. The van der Waals surface area contributed by atoms with Crippen LogP contribution < -0.4 is 5.32 Å². The maximum atomic E-state index is 5.64. The van der Waals surface area contributed by atoms with E-state index in [0.717, 1.165) is 38.6 Å². The van der Waals surface area contributed by atoms with Gasteiger partial charge in [0.05, 0.1) is 5.41 Å². The third-order valence-electron chi connectivity index (χ3n) is 2.99. The topological polar surface area (TPSA) is 54.2 Å². The summed E-state index contributed by atoms with van der Waals surface area (Å²) in [6.45, 7) is 9.59. The van der Waals surface area contributed by atoms with Crippen LogP contribution in [0.5, 0.6) is 0 Å². The summed E-state index contributed by atoms with van der Waals surface area (Å²) in [5.41, 5.74) is -0.0850. The summed E-state index contributed by atoms with van der Waals surface area (Å²) >= 11 is 1.49. The van der Waals surface area contributed by atoms with Crippen molar-refractivity contribution in [2.45, 2.75) is 24.5 Å². The molecule has 1 aromatic rings. The monoisotopic (exact) mass is 256 g/mol. The number of aromatic nitrogens is 2. The van der Waals surface area contributed by atoms with Crippen molar-refractivity contribution in [3.63, 3.8) is 0 Å². The number of hydrogen-bond donors (Lipinski definition) is 1. The SMILES string of the molecule is CSc1nnc(C(C)(C)CN2CCNCC2)o1. The van der Waals surface area contributed by atoms with Crippen molar-refractivity contribution in [2.75, 3.05) is 39.0 Å². The van der Waals surface area contributed by atoms with E-state index < -0.39 is 0 Å². The molecule has 0 unspecified atom stereocenters. The van der Waals surface area contributed by atoms with Gasteiger partial charge in [0, 0.05) is 32.7 Å². The largest absolute Gasteiger partial charge is 0.415 e. The number of hydrogen-bond acceptors (Lipinski definition) is 6. The molecule has 5 nitrogen and oxygen atoms in total. The lowest BCUT2D eigenvalue weighted by atomic mass is 9.92. The van der Waals surface area contributed by atoms with Gasteiger partial charge in [0.1, 0.15) is 0 Å². The Kier molecular flexibility index (Phi) is 4.06. The summed E-state index contributed by atoms with van der Waals surface area (Å²) in [6, 6.07) is 0. The van der Waals surface area contributed by atoms with Crippen LogP contribution in [0.1, 0.15) is 19.7 Å². The van der Waals surface area contributed by atoms with Gasteiger partial charge >= 0.3 is 0 Å². The standard InChI is InChI=1S/C11H20N4OS/c1-11(2,8-15-6-4-12-5-7-15)9-13-14-10(16-9)17-3/h12H,4-8H2,1-3H3. The van der Waals surface area contributed by atoms with Gasteiger partial charge in [-0.15, -0.1) is 10.2 Å². The van der Waals surface area contributed by atoms with Gasteiger partial charge in [0.15, 0.2) is 0 Å². The highest BCUT2D eigenvalue weighted by Gasteiger charge is 2.30. The van der Waals surface area contributed by atoms with Crippen molar-refractivity contribution in [2.24, 2.45) is 0 Å². The first-order valence-electron chi connectivity index (χ1n) is 5.93. The molecule has 0 aliphatic carbocycles. The molecular formula is C11H20N4OS. The van der Waals surface area contributed by atoms with Crippen LogP contribution in [0.2, 0.25) is 0 Å².